The van der Waals surface area contributed by atoms with Gasteiger partial charge in [0.15, 0.2) is 0 Å². The van der Waals surface area contributed by atoms with Crippen LogP contribution in [0.1, 0.15) is 53.9 Å². The van der Waals surface area contributed by atoms with E-state index < -0.39 is 0 Å². The highest BCUT2D eigenvalue weighted by molar-refractivity contribution is 4.96. The Labute approximate surface area is 88.9 Å². The molecule has 0 unspecified atom stereocenters. The Balaban J connectivity index is 3.82. The van der Waals surface area contributed by atoms with E-state index in [1.165, 1.54) is 0 Å². The lowest BCUT2D eigenvalue weighted by molar-refractivity contribution is 0.0961. The minimum Gasteiger partial charge on any atom is -0.393 e. The molecular formula is C13H24O. The molecule has 1 nitrogen and oxygen atoms in total. The van der Waals surface area contributed by atoms with Crippen LogP contribution in [0, 0.1) is 23.2 Å². The monoisotopic (exact) mass is 196 g/mol. The minimum absolute atomic E-state index is 0.199. The molecule has 0 aliphatic carbocycles. The maximum absolute atomic E-state index is 9.84. The van der Waals surface area contributed by atoms with Crippen molar-refractivity contribution in [2.24, 2.45) is 11.3 Å². The molecule has 0 heterocycles. The van der Waals surface area contributed by atoms with E-state index in [0.29, 0.717) is 11.3 Å². The Morgan fingerprint density at radius 1 is 1.29 bits per heavy atom. The third-order valence-electron chi connectivity index (χ3n) is 2.45. The van der Waals surface area contributed by atoms with Crippen LogP contribution in [-0.4, -0.2) is 11.2 Å². The smallest absolute Gasteiger partial charge is 0.0575 e. The molecule has 0 fully saturated rings. The average Bonchev–Trinajstić information content (AvgIpc) is 2.09. The molecule has 1 heteroatoms. The fourth-order valence-corrected chi connectivity index (χ4v) is 1.26. The van der Waals surface area contributed by atoms with Crippen LogP contribution < -0.4 is 0 Å². The molecule has 82 valence electrons. The van der Waals surface area contributed by atoms with E-state index in [2.05, 4.69) is 39.5 Å². The van der Waals surface area contributed by atoms with E-state index in [9.17, 15) is 5.11 Å². The lowest BCUT2D eigenvalue weighted by atomic mass is 9.86. The third-order valence-corrected chi connectivity index (χ3v) is 2.45. The molecule has 0 saturated heterocycles. The van der Waals surface area contributed by atoms with Crippen LogP contribution in [0.4, 0.5) is 0 Å². The van der Waals surface area contributed by atoms with Crippen molar-refractivity contribution in [3.63, 3.8) is 0 Å². The zero-order valence-corrected chi connectivity index (χ0v) is 10.2. The molecule has 0 aliphatic heterocycles. The van der Waals surface area contributed by atoms with Crippen LogP contribution in [0.15, 0.2) is 0 Å². The van der Waals surface area contributed by atoms with Gasteiger partial charge in [0.1, 0.15) is 0 Å². The van der Waals surface area contributed by atoms with Crippen LogP contribution in [0.2, 0.25) is 0 Å². The number of aliphatic hydroxyl groups excluding tert-OH is 1. The Hall–Kier alpha value is -0.480. The van der Waals surface area contributed by atoms with Crippen LogP contribution in [-0.2, 0) is 0 Å². The predicted octanol–water partition coefficient (Wildman–Crippen LogP) is 3.22. The molecule has 0 rings (SSSR count). The number of rotatable bonds is 4. The second kappa shape index (κ2) is 6.09. The summed E-state index contributed by atoms with van der Waals surface area (Å²) in [5, 5.41) is 9.84. The van der Waals surface area contributed by atoms with Crippen molar-refractivity contribution in [2.45, 2.75) is 60.0 Å². The van der Waals surface area contributed by atoms with Gasteiger partial charge >= 0.3 is 0 Å². The van der Waals surface area contributed by atoms with Gasteiger partial charge in [0, 0.05) is 6.42 Å². The zero-order valence-electron chi connectivity index (χ0n) is 10.2. The SMILES string of the molecule is CC#CC[C@H](C)[C@H](O)CCC(C)(C)C. The van der Waals surface area contributed by atoms with Gasteiger partial charge in [-0.15, -0.1) is 11.8 Å². The zero-order chi connectivity index (χ0) is 11.2. The Morgan fingerprint density at radius 3 is 2.29 bits per heavy atom. The van der Waals surface area contributed by atoms with E-state index in [0.717, 1.165) is 19.3 Å². The van der Waals surface area contributed by atoms with Gasteiger partial charge in [-0.25, -0.2) is 0 Å². The number of aliphatic hydroxyl groups is 1. The van der Waals surface area contributed by atoms with E-state index in [1.54, 1.807) is 0 Å². The first kappa shape index (κ1) is 13.5. The predicted molar refractivity (Wildman–Crippen MR) is 61.9 cm³/mol. The van der Waals surface area contributed by atoms with Crippen LogP contribution in [0.25, 0.3) is 0 Å². The molecule has 0 bridgehead atoms. The summed E-state index contributed by atoms with van der Waals surface area (Å²) in [5.74, 6) is 6.18. The van der Waals surface area contributed by atoms with Gasteiger partial charge in [-0.05, 0) is 31.1 Å². The van der Waals surface area contributed by atoms with E-state index in [-0.39, 0.29) is 6.10 Å². The summed E-state index contributed by atoms with van der Waals surface area (Å²) in [4.78, 5) is 0. The Bertz CT molecular complexity index is 202. The van der Waals surface area contributed by atoms with Crippen molar-refractivity contribution in [1.82, 2.24) is 0 Å². The first-order chi connectivity index (χ1) is 6.37. The summed E-state index contributed by atoms with van der Waals surface area (Å²) < 4.78 is 0. The van der Waals surface area contributed by atoms with Crippen molar-refractivity contribution in [3.8, 4) is 11.8 Å². The van der Waals surface area contributed by atoms with E-state index >= 15 is 0 Å². The van der Waals surface area contributed by atoms with E-state index in [1.807, 2.05) is 6.92 Å². The quantitative estimate of drug-likeness (QED) is 0.684. The molecule has 0 aromatic rings. The summed E-state index contributed by atoms with van der Waals surface area (Å²) in [6, 6.07) is 0. The van der Waals surface area contributed by atoms with Gasteiger partial charge in [-0.3, -0.25) is 0 Å². The Kier molecular flexibility index (Phi) is 5.88. The third kappa shape index (κ3) is 6.97. The van der Waals surface area contributed by atoms with Crippen molar-refractivity contribution in [2.75, 3.05) is 0 Å². The second-order valence-electron chi connectivity index (χ2n) is 5.27. The molecular weight excluding hydrogens is 172 g/mol. The van der Waals surface area contributed by atoms with Crippen LogP contribution >= 0.6 is 0 Å². The van der Waals surface area contributed by atoms with E-state index in [4.69, 9.17) is 0 Å². The normalized spacial score (nSPS) is 15.6. The molecule has 2 atom stereocenters. The molecule has 0 radical (unpaired) electrons. The molecule has 0 aliphatic rings. The average molecular weight is 196 g/mol. The number of hydrogen-bond acceptors (Lipinski definition) is 1. The van der Waals surface area contributed by atoms with Gasteiger partial charge in [0.05, 0.1) is 6.10 Å². The summed E-state index contributed by atoms with van der Waals surface area (Å²) in [7, 11) is 0. The molecule has 1 N–H and O–H groups in total. The summed E-state index contributed by atoms with van der Waals surface area (Å²) >= 11 is 0. The van der Waals surface area contributed by atoms with Crippen molar-refractivity contribution >= 4 is 0 Å². The fraction of sp³-hybridized carbons (Fsp3) is 0.846. The first-order valence-electron chi connectivity index (χ1n) is 5.44. The minimum atomic E-state index is -0.199. The molecule has 0 spiro atoms. The lowest BCUT2D eigenvalue weighted by Crippen LogP contribution is -2.19. The standard InChI is InChI=1S/C13H24O/c1-6-7-8-11(2)12(14)9-10-13(3,4)5/h11-12,14H,8-10H2,1-5H3/t11-,12+/m0/s1. The first-order valence-corrected chi connectivity index (χ1v) is 5.44. The molecule has 14 heavy (non-hydrogen) atoms. The molecule has 0 amide bonds. The summed E-state index contributed by atoms with van der Waals surface area (Å²) in [5.41, 5.74) is 0.317. The molecule has 0 aromatic heterocycles. The van der Waals surface area contributed by atoms with Gasteiger partial charge in [0.2, 0.25) is 0 Å². The molecule has 0 saturated carbocycles. The highest BCUT2D eigenvalue weighted by Gasteiger charge is 2.17. The largest absolute Gasteiger partial charge is 0.393 e. The van der Waals surface area contributed by atoms with Crippen molar-refractivity contribution in [1.29, 1.82) is 0 Å². The second-order valence-corrected chi connectivity index (χ2v) is 5.27. The Morgan fingerprint density at radius 2 is 1.86 bits per heavy atom. The van der Waals surface area contributed by atoms with Gasteiger partial charge < -0.3 is 5.11 Å². The van der Waals surface area contributed by atoms with Gasteiger partial charge in [-0.1, -0.05) is 27.7 Å². The highest BCUT2D eigenvalue weighted by Crippen LogP contribution is 2.24. The summed E-state index contributed by atoms with van der Waals surface area (Å²) in [6.45, 7) is 10.5. The van der Waals surface area contributed by atoms with Crippen molar-refractivity contribution in [3.05, 3.63) is 0 Å². The fourth-order valence-electron chi connectivity index (χ4n) is 1.26. The number of hydrogen-bond donors (Lipinski definition) is 1. The topological polar surface area (TPSA) is 20.2 Å². The van der Waals surface area contributed by atoms with Crippen LogP contribution in [0.3, 0.4) is 0 Å². The van der Waals surface area contributed by atoms with Gasteiger partial charge in [0.25, 0.3) is 0 Å². The molecule has 0 aromatic carbocycles. The maximum atomic E-state index is 9.84. The van der Waals surface area contributed by atoms with Crippen molar-refractivity contribution < 1.29 is 5.11 Å². The lowest BCUT2D eigenvalue weighted by Gasteiger charge is -2.22. The highest BCUT2D eigenvalue weighted by atomic mass is 16.3. The van der Waals surface area contributed by atoms with Crippen LogP contribution in [0.5, 0.6) is 0 Å². The van der Waals surface area contributed by atoms with Gasteiger partial charge in [-0.2, -0.15) is 0 Å². The summed E-state index contributed by atoms with van der Waals surface area (Å²) in [6.07, 6.45) is 2.56. The maximum Gasteiger partial charge on any atom is 0.0575 e.